The van der Waals surface area contributed by atoms with E-state index in [1.165, 1.54) is 45.6 Å². The van der Waals surface area contributed by atoms with Gasteiger partial charge in [-0.3, -0.25) is 9.37 Å². The van der Waals surface area contributed by atoms with Gasteiger partial charge in [0.05, 0.1) is 0 Å². The fourth-order valence-corrected chi connectivity index (χ4v) is 9.46. The molecule has 7 aromatic carbocycles. The summed E-state index contributed by atoms with van der Waals surface area (Å²) < 4.78 is 19.3. The molecular weight excluding hydrogens is 1110 g/mol. The van der Waals surface area contributed by atoms with Crippen LogP contribution in [0.3, 0.4) is 0 Å². The summed E-state index contributed by atoms with van der Waals surface area (Å²) >= 11 is 0. The predicted molar refractivity (Wildman–Crippen MR) is 306 cm³/mol. The average Bonchev–Trinajstić information content (AvgIpc) is 4.05. The van der Waals surface area contributed by atoms with E-state index in [2.05, 4.69) is 202 Å². The van der Waals surface area contributed by atoms with Gasteiger partial charge < -0.3 is 24.6 Å². The molecule has 5 heterocycles. The maximum absolute atomic E-state index is 12.6. The van der Waals surface area contributed by atoms with Crippen LogP contribution in [-0.2, 0) is 25.5 Å². The first kappa shape index (κ1) is 52.8. The largest absolute Gasteiger partial charge is 0.661 e. The zero-order valence-corrected chi connectivity index (χ0v) is 46.1. The van der Waals surface area contributed by atoms with Gasteiger partial charge in [0.15, 0.2) is 0 Å². The first-order valence-electron chi connectivity index (χ1n) is 25.5. The molecule has 76 heavy (non-hydrogen) atoms. The second kappa shape index (κ2) is 23.2. The second-order valence-electron chi connectivity index (χ2n) is 20.3. The number of nitrogens with zero attached hydrogens (tertiary/aromatic N) is 5. The quantitative estimate of drug-likeness (QED) is 0.142. The van der Waals surface area contributed by atoms with Crippen molar-refractivity contribution in [2.75, 3.05) is 4.90 Å². The second-order valence-corrected chi connectivity index (χ2v) is 20.3. The maximum Gasteiger partial charge on any atom is 0.117 e. The summed E-state index contributed by atoms with van der Waals surface area (Å²) in [6.45, 7) is 15.6. The van der Waals surface area contributed by atoms with E-state index in [1.807, 2.05) is 60.7 Å². The number of anilines is 2. The summed E-state index contributed by atoms with van der Waals surface area (Å²) in [5.41, 5.74) is 17.8. The minimum absolute atomic E-state index is 0. The molecule has 4 aromatic heterocycles. The predicted octanol–water partition coefficient (Wildman–Crippen LogP) is 18.7. The van der Waals surface area contributed by atoms with Crippen molar-refractivity contribution in [1.29, 1.82) is 0 Å². The van der Waals surface area contributed by atoms with E-state index in [9.17, 15) is 4.39 Å². The maximum atomic E-state index is 12.6. The van der Waals surface area contributed by atoms with E-state index >= 15 is 0 Å². The molecule has 0 aliphatic carbocycles. The zero-order valence-electron chi connectivity index (χ0n) is 43.7. The SMILES string of the molecule is CC(C)(C)c1cc[c-]c(-c2ccccn2)n1.CC(C)c1cc(-c2ccccc2)cc(C(C)C)c1N1c2ccccc2[N-]C1c1[c-]ccc2c1oc1cc(-c3ccccc3)ccc12.Fc1c[c-]c(-c2ccccn2)cc1.[Ir]. The Morgan fingerprint density at radius 1 is 0.592 bits per heavy atom. The molecule has 1 unspecified atom stereocenters. The van der Waals surface area contributed by atoms with Crippen LogP contribution in [0.2, 0.25) is 0 Å². The van der Waals surface area contributed by atoms with Crippen LogP contribution in [0, 0.1) is 24.0 Å². The van der Waals surface area contributed by atoms with Crippen LogP contribution in [0.1, 0.15) is 88.9 Å². The van der Waals surface area contributed by atoms with E-state index in [0.717, 1.165) is 72.8 Å². The van der Waals surface area contributed by atoms with Gasteiger partial charge in [-0.2, -0.15) is 30.3 Å². The molecule has 1 radical (unpaired) electrons. The number of pyridine rings is 3. The van der Waals surface area contributed by atoms with Gasteiger partial charge in [0.1, 0.15) is 5.58 Å². The molecule has 8 heteroatoms. The van der Waals surface area contributed by atoms with Crippen molar-refractivity contribution in [1.82, 2.24) is 15.0 Å². The molecule has 12 rings (SSSR count). The molecule has 1 atom stereocenters. The third-order valence-corrected chi connectivity index (χ3v) is 13.3. The number of hydrogen-bond acceptors (Lipinski definition) is 5. The molecular formula is C68H58FIrN5O-4. The Kier molecular flexibility index (Phi) is 16.2. The van der Waals surface area contributed by atoms with E-state index in [-0.39, 0.29) is 37.5 Å². The first-order chi connectivity index (χ1) is 36.4. The van der Waals surface area contributed by atoms with E-state index < -0.39 is 0 Å². The van der Waals surface area contributed by atoms with E-state index in [0.29, 0.717) is 11.8 Å². The van der Waals surface area contributed by atoms with Crippen molar-refractivity contribution in [2.24, 2.45) is 0 Å². The van der Waals surface area contributed by atoms with Crippen molar-refractivity contribution < 1.29 is 28.9 Å². The van der Waals surface area contributed by atoms with Gasteiger partial charge >= 0.3 is 0 Å². The summed E-state index contributed by atoms with van der Waals surface area (Å²) in [5, 5.41) is 7.57. The summed E-state index contributed by atoms with van der Waals surface area (Å²) in [6.07, 6.45) is 3.15. The summed E-state index contributed by atoms with van der Waals surface area (Å²) in [6, 6.07) is 74.4. The molecule has 0 spiro atoms. The van der Waals surface area contributed by atoms with Crippen LogP contribution in [0.4, 0.5) is 21.5 Å². The zero-order chi connectivity index (χ0) is 52.1. The Bertz CT molecular complexity index is 3660. The fraction of sp³-hybridized carbons (Fsp3) is 0.162. The van der Waals surface area contributed by atoms with Crippen LogP contribution < -0.4 is 4.90 Å². The van der Waals surface area contributed by atoms with Gasteiger partial charge in [0.2, 0.25) is 0 Å². The molecule has 6 nitrogen and oxygen atoms in total. The number of hydrogen-bond donors (Lipinski definition) is 0. The van der Waals surface area contributed by atoms with Crippen molar-refractivity contribution in [3.8, 4) is 44.9 Å². The Morgan fingerprint density at radius 3 is 1.83 bits per heavy atom. The van der Waals surface area contributed by atoms with Crippen LogP contribution in [-0.4, -0.2) is 15.0 Å². The van der Waals surface area contributed by atoms with E-state index in [4.69, 9.17) is 9.73 Å². The molecule has 0 amide bonds. The number of benzene rings is 7. The molecule has 381 valence electrons. The Hall–Kier alpha value is -8.03. The van der Waals surface area contributed by atoms with Gasteiger partial charge in [0, 0.05) is 60.7 Å². The number of aromatic nitrogens is 3. The van der Waals surface area contributed by atoms with Crippen LogP contribution >= 0.6 is 0 Å². The topological polar surface area (TPSA) is 69.2 Å². The monoisotopic (exact) mass is 1170 g/mol. The summed E-state index contributed by atoms with van der Waals surface area (Å²) in [5.74, 6) is 0.318. The van der Waals surface area contributed by atoms with Gasteiger partial charge in [-0.05, 0) is 116 Å². The first-order valence-corrected chi connectivity index (χ1v) is 25.5. The molecule has 0 bridgehead atoms. The van der Waals surface area contributed by atoms with Crippen LogP contribution in [0.5, 0.6) is 0 Å². The minimum Gasteiger partial charge on any atom is -0.661 e. The van der Waals surface area contributed by atoms with Crippen molar-refractivity contribution in [3.05, 3.63) is 258 Å². The van der Waals surface area contributed by atoms with Crippen LogP contribution in [0.25, 0.3) is 72.2 Å². The molecule has 1 aliphatic rings. The molecule has 0 saturated carbocycles. The molecule has 0 fully saturated rings. The van der Waals surface area contributed by atoms with Gasteiger partial charge in [-0.15, -0.1) is 47.1 Å². The third-order valence-electron chi connectivity index (χ3n) is 13.3. The van der Waals surface area contributed by atoms with E-state index in [1.54, 1.807) is 18.5 Å². The van der Waals surface area contributed by atoms with Crippen molar-refractivity contribution in [3.63, 3.8) is 0 Å². The number of fused-ring (bicyclic) bond motifs is 4. The Morgan fingerprint density at radius 2 is 1.21 bits per heavy atom. The smallest absolute Gasteiger partial charge is 0.117 e. The number of halogens is 1. The standard InChI is InChI=1S/C43H36N2O.C14H15N2.C11H7FN.Ir/c1-27(2)36-24-32(30-16-9-6-10-17-30)25-37(28(3)4)41(36)45-39-21-12-11-20-38(39)44-43(45)35-19-13-18-34-33-23-22-31(26-40(33)46-42(34)35)29-14-7-5-8-15-29;1-14(2,3)13-9-6-8-12(16-13)11-7-4-5-10-15-11;12-10-6-4-9(5-7-10)11-3-1-2-8-13-11;/h5-18,20-28,43H,1-4H3;4-7,9-10H,1-3H3;1-4,6-8H;/q-2;2*-1;. The molecule has 0 saturated heterocycles. The number of para-hydroxylation sites is 2. The number of rotatable bonds is 8. The molecule has 1 aliphatic heterocycles. The summed E-state index contributed by atoms with van der Waals surface area (Å²) in [4.78, 5) is 15.4. The molecule has 0 N–H and O–H groups in total. The molecule has 11 aromatic rings. The van der Waals surface area contributed by atoms with Crippen molar-refractivity contribution in [2.45, 2.75) is 71.9 Å². The van der Waals surface area contributed by atoms with Crippen LogP contribution in [0.15, 0.2) is 211 Å². The minimum atomic E-state index is -0.326. The van der Waals surface area contributed by atoms with Crippen molar-refractivity contribution >= 4 is 39.0 Å². The normalized spacial score (nSPS) is 12.8. The fourth-order valence-electron chi connectivity index (χ4n) is 9.46. The average molecular weight is 1170 g/mol. The van der Waals surface area contributed by atoms with Gasteiger partial charge in [0.25, 0.3) is 0 Å². The Labute approximate surface area is 460 Å². The Balaban J connectivity index is 0.000000191. The summed E-state index contributed by atoms with van der Waals surface area (Å²) in [7, 11) is 0. The van der Waals surface area contributed by atoms with Gasteiger partial charge in [-0.1, -0.05) is 169 Å². The third kappa shape index (κ3) is 11.4. The number of furan rings is 1. The van der Waals surface area contributed by atoms with Gasteiger partial charge in [-0.25, -0.2) is 0 Å².